The smallest absolute Gasteiger partial charge is 0.302 e. The van der Waals surface area contributed by atoms with Gasteiger partial charge < -0.3 is 9.47 Å². The van der Waals surface area contributed by atoms with E-state index >= 15 is 0 Å². The molecule has 0 aliphatic heterocycles. The minimum Gasteiger partial charge on any atom is -0.466 e. The van der Waals surface area contributed by atoms with Gasteiger partial charge in [0.2, 0.25) is 0 Å². The van der Waals surface area contributed by atoms with Crippen LogP contribution < -0.4 is 0 Å². The lowest BCUT2D eigenvalue weighted by atomic mass is 9.59. The maximum absolute atomic E-state index is 11.1. The number of hydrogen-bond donors (Lipinski definition) is 0. The summed E-state index contributed by atoms with van der Waals surface area (Å²) in [6.07, 6.45) is 0. The van der Waals surface area contributed by atoms with E-state index in [1.165, 1.54) is 13.8 Å². The van der Waals surface area contributed by atoms with Gasteiger partial charge in [0.25, 0.3) is 0 Å². The first-order chi connectivity index (χ1) is 9.61. The lowest BCUT2D eigenvalue weighted by Gasteiger charge is -2.47. The molecule has 0 saturated heterocycles. The zero-order valence-corrected chi connectivity index (χ0v) is 11.8. The van der Waals surface area contributed by atoms with Gasteiger partial charge >= 0.3 is 11.9 Å². The summed E-state index contributed by atoms with van der Waals surface area (Å²) in [7, 11) is 0. The summed E-state index contributed by atoms with van der Waals surface area (Å²) in [5.41, 5.74) is 0. The van der Waals surface area contributed by atoms with Crippen LogP contribution in [0.15, 0.2) is 0 Å². The predicted octanol–water partition coefficient (Wildman–Crippen LogP) is 1.34. The Morgan fingerprint density at radius 3 is 1.25 bits per heavy atom. The normalized spacial score (nSPS) is 58.3. The third-order valence-electron chi connectivity index (χ3n) is 7.10. The van der Waals surface area contributed by atoms with E-state index < -0.39 is 0 Å². The van der Waals surface area contributed by atoms with Crippen LogP contribution in [-0.4, -0.2) is 25.2 Å². The van der Waals surface area contributed by atoms with E-state index in [9.17, 15) is 9.59 Å². The molecule has 6 aliphatic rings. The van der Waals surface area contributed by atoms with Crippen LogP contribution >= 0.6 is 0 Å². The highest BCUT2D eigenvalue weighted by Crippen LogP contribution is 2.93. The minimum atomic E-state index is -0.190. The van der Waals surface area contributed by atoms with Crippen LogP contribution in [0.1, 0.15) is 13.8 Å². The van der Waals surface area contributed by atoms with E-state index in [0.717, 1.165) is 47.3 Å². The highest BCUT2D eigenvalue weighted by Gasteiger charge is 2.90. The fraction of sp³-hybridized carbons (Fsp3) is 0.875. The van der Waals surface area contributed by atoms with Crippen LogP contribution in [0.5, 0.6) is 0 Å². The molecule has 20 heavy (non-hydrogen) atoms. The molecule has 4 nitrogen and oxygen atoms in total. The SMILES string of the molecule is CC(=O)OC[C@@H]1C2[C@H]3C4C5[C@H]2[C@@H]5C([C@H]43)[C@@H]1COC(C)=O. The number of hydrogen-bond acceptors (Lipinski definition) is 4. The lowest BCUT2D eigenvalue weighted by molar-refractivity contribution is -0.154. The second-order valence-electron chi connectivity index (χ2n) is 7.55. The van der Waals surface area contributed by atoms with Gasteiger partial charge in [-0.1, -0.05) is 0 Å². The zero-order valence-electron chi connectivity index (χ0n) is 11.8. The van der Waals surface area contributed by atoms with E-state index in [0.29, 0.717) is 25.0 Å². The predicted molar refractivity (Wildman–Crippen MR) is 68.2 cm³/mol. The summed E-state index contributed by atoms with van der Waals surface area (Å²) in [5.74, 6) is 7.67. The Morgan fingerprint density at radius 2 is 0.950 bits per heavy atom. The van der Waals surface area contributed by atoms with Crippen molar-refractivity contribution in [3.05, 3.63) is 0 Å². The molecule has 0 aromatic carbocycles. The molecule has 108 valence electrons. The molecular weight excluding hydrogens is 256 g/mol. The number of carbonyl (C=O) groups is 2. The maximum Gasteiger partial charge on any atom is 0.302 e. The number of rotatable bonds is 4. The Bertz CT molecular complexity index is 449. The molecule has 0 aromatic heterocycles. The van der Waals surface area contributed by atoms with E-state index in [1.807, 2.05) is 0 Å². The van der Waals surface area contributed by atoms with Gasteiger partial charge in [-0.3, -0.25) is 9.59 Å². The fourth-order valence-electron chi connectivity index (χ4n) is 6.97. The summed E-state index contributed by atoms with van der Waals surface area (Å²) in [6, 6.07) is 0. The maximum atomic E-state index is 11.1. The molecular formula is C16H20O4. The van der Waals surface area contributed by atoms with E-state index in [1.54, 1.807) is 0 Å². The first-order valence-corrected chi connectivity index (χ1v) is 7.88. The highest BCUT2D eigenvalue weighted by atomic mass is 16.5. The van der Waals surface area contributed by atoms with Gasteiger partial charge in [0, 0.05) is 25.7 Å². The average molecular weight is 276 g/mol. The van der Waals surface area contributed by atoms with Crippen molar-refractivity contribution in [3.8, 4) is 0 Å². The fourth-order valence-corrected chi connectivity index (χ4v) is 6.97. The van der Waals surface area contributed by atoms with Crippen molar-refractivity contribution in [2.45, 2.75) is 13.8 Å². The molecule has 2 unspecified atom stereocenters. The zero-order chi connectivity index (χ0) is 13.8. The molecule has 6 fully saturated rings. The molecule has 6 aliphatic carbocycles. The van der Waals surface area contributed by atoms with Crippen LogP contribution in [0.3, 0.4) is 0 Å². The Morgan fingerprint density at radius 1 is 0.650 bits per heavy atom. The monoisotopic (exact) mass is 276 g/mol. The van der Waals surface area contributed by atoms with Gasteiger partial charge in [-0.2, -0.15) is 0 Å². The van der Waals surface area contributed by atoms with Crippen molar-refractivity contribution in [2.24, 2.45) is 59.2 Å². The van der Waals surface area contributed by atoms with Crippen molar-refractivity contribution in [1.82, 2.24) is 0 Å². The molecule has 0 heterocycles. The summed E-state index contributed by atoms with van der Waals surface area (Å²) in [4.78, 5) is 22.3. The van der Waals surface area contributed by atoms with Crippen LogP contribution in [0.2, 0.25) is 0 Å². The van der Waals surface area contributed by atoms with E-state index in [4.69, 9.17) is 9.47 Å². The summed E-state index contributed by atoms with van der Waals surface area (Å²) in [5, 5.41) is 0. The van der Waals surface area contributed by atoms with Crippen molar-refractivity contribution in [2.75, 3.05) is 13.2 Å². The Kier molecular flexibility index (Phi) is 1.97. The second kappa shape index (κ2) is 3.40. The van der Waals surface area contributed by atoms with Crippen molar-refractivity contribution < 1.29 is 19.1 Å². The molecule has 0 aromatic rings. The van der Waals surface area contributed by atoms with Crippen LogP contribution in [-0.2, 0) is 19.1 Å². The molecule has 0 spiro atoms. The molecule has 0 radical (unpaired) electrons. The number of carbonyl (C=O) groups excluding carboxylic acids is 2. The standard InChI is InChI=1S/C16H20O4/c1-5(17)19-3-7-8(4-20-6(2)18)10-13-11-9(7)12-14(10)16(12)15(11)13/h7-16H,3-4H2,1-2H3/t7-,8+,9?,10?,11+,12+,13-,14-,15?,16?. The molecule has 4 heteroatoms. The number of ether oxygens (including phenoxy) is 2. The first kappa shape index (κ1) is 11.6. The molecule has 6 rings (SSSR count). The lowest BCUT2D eigenvalue weighted by Crippen LogP contribution is -2.47. The van der Waals surface area contributed by atoms with Crippen molar-refractivity contribution >= 4 is 11.9 Å². The Labute approximate surface area is 118 Å². The largest absolute Gasteiger partial charge is 0.466 e. The van der Waals surface area contributed by atoms with Gasteiger partial charge in [-0.15, -0.1) is 0 Å². The average Bonchev–Trinajstić information content (AvgIpc) is 3.22. The highest BCUT2D eigenvalue weighted by molar-refractivity contribution is 5.66. The first-order valence-electron chi connectivity index (χ1n) is 7.88. The van der Waals surface area contributed by atoms with Crippen LogP contribution in [0.4, 0.5) is 0 Å². The van der Waals surface area contributed by atoms with Gasteiger partial charge in [-0.05, 0) is 47.3 Å². The van der Waals surface area contributed by atoms with Gasteiger partial charge in [-0.25, -0.2) is 0 Å². The molecule has 0 N–H and O–H groups in total. The Balaban J connectivity index is 1.40. The van der Waals surface area contributed by atoms with Gasteiger partial charge in [0.05, 0.1) is 13.2 Å². The molecule has 8 atom stereocenters. The van der Waals surface area contributed by atoms with E-state index in [2.05, 4.69) is 0 Å². The molecule has 6 saturated carbocycles. The second-order valence-corrected chi connectivity index (χ2v) is 7.55. The topological polar surface area (TPSA) is 52.6 Å². The summed E-state index contributed by atoms with van der Waals surface area (Å²) >= 11 is 0. The minimum absolute atomic E-state index is 0.190. The Hall–Kier alpha value is -1.06. The third kappa shape index (κ3) is 1.16. The van der Waals surface area contributed by atoms with Gasteiger partial charge in [0.1, 0.15) is 0 Å². The molecule has 2 bridgehead atoms. The number of esters is 2. The van der Waals surface area contributed by atoms with Crippen LogP contribution in [0.25, 0.3) is 0 Å². The summed E-state index contributed by atoms with van der Waals surface area (Å²) in [6.45, 7) is 4.03. The quantitative estimate of drug-likeness (QED) is 0.727. The van der Waals surface area contributed by atoms with E-state index in [-0.39, 0.29) is 11.9 Å². The van der Waals surface area contributed by atoms with Crippen molar-refractivity contribution in [1.29, 1.82) is 0 Å². The van der Waals surface area contributed by atoms with Crippen LogP contribution in [0, 0.1) is 59.2 Å². The number of fused-ring (bicyclic) bond motifs is 1. The van der Waals surface area contributed by atoms with Crippen molar-refractivity contribution in [3.63, 3.8) is 0 Å². The molecule has 0 amide bonds. The third-order valence-corrected chi connectivity index (χ3v) is 7.10. The van der Waals surface area contributed by atoms with Gasteiger partial charge in [0.15, 0.2) is 0 Å². The summed E-state index contributed by atoms with van der Waals surface area (Å²) < 4.78 is 10.7.